The number of nitrogen functional groups attached to an aromatic ring is 1. The molecule has 4 nitrogen and oxygen atoms in total. The molecule has 1 rings (SSSR count). The summed E-state index contributed by atoms with van der Waals surface area (Å²) in [5, 5.41) is 3.76. The van der Waals surface area contributed by atoms with Gasteiger partial charge in [0.25, 0.3) is 0 Å². The zero-order valence-corrected chi connectivity index (χ0v) is 5.50. The molecule has 0 aliphatic carbocycles. The molecule has 0 spiro atoms. The summed E-state index contributed by atoms with van der Waals surface area (Å²) in [6, 6.07) is 0. The highest BCUT2D eigenvalue weighted by molar-refractivity contribution is 5.08. The first-order valence-corrected chi connectivity index (χ1v) is 3.04. The molecule has 1 heterocycles. The van der Waals surface area contributed by atoms with E-state index in [-0.39, 0.29) is 12.6 Å². The van der Waals surface area contributed by atoms with Gasteiger partial charge in [-0.05, 0) is 6.42 Å². The first kappa shape index (κ1) is 6.98. The summed E-state index contributed by atoms with van der Waals surface area (Å²) < 4.78 is 13.1. The standard InChI is InChI=1S/C5H9FN4/c6-2-1-3-10-4-8-5(7)9-10/h4H,1-3H2,(H2,7,9). The van der Waals surface area contributed by atoms with Crippen LogP contribution in [0.4, 0.5) is 10.3 Å². The molecule has 0 radical (unpaired) electrons. The van der Waals surface area contributed by atoms with Gasteiger partial charge in [-0.3, -0.25) is 9.07 Å². The molecule has 0 bridgehead atoms. The second-order valence-corrected chi connectivity index (χ2v) is 1.91. The number of rotatable bonds is 3. The minimum atomic E-state index is -0.334. The lowest BCUT2D eigenvalue weighted by atomic mass is 10.5. The highest BCUT2D eigenvalue weighted by Crippen LogP contribution is 1.91. The maximum absolute atomic E-state index is 11.6. The van der Waals surface area contributed by atoms with Crippen molar-refractivity contribution in [3.63, 3.8) is 0 Å². The lowest BCUT2D eigenvalue weighted by Gasteiger charge is -1.93. The first-order chi connectivity index (χ1) is 4.83. The number of hydrogen-bond donors (Lipinski definition) is 1. The van der Waals surface area contributed by atoms with Gasteiger partial charge in [0.2, 0.25) is 5.95 Å². The molecule has 1 aromatic heterocycles. The van der Waals surface area contributed by atoms with Gasteiger partial charge in [-0.2, -0.15) is 0 Å². The SMILES string of the molecule is Nc1ncn(CCCF)n1. The van der Waals surface area contributed by atoms with Gasteiger partial charge in [0.05, 0.1) is 6.67 Å². The molecule has 5 heteroatoms. The van der Waals surface area contributed by atoms with Gasteiger partial charge in [0.1, 0.15) is 6.33 Å². The number of nitrogens with two attached hydrogens (primary N) is 1. The third-order valence-electron chi connectivity index (χ3n) is 1.08. The van der Waals surface area contributed by atoms with E-state index in [9.17, 15) is 4.39 Å². The van der Waals surface area contributed by atoms with Crippen molar-refractivity contribution < 1.29 is 4.39 Å². The average molecular weight is 144 g/mol. The normalized spacial score (nSPS) is 10.1. The van der Waals surface area contributed by atoms with Crippen molar-refractivity contribution in [3.05, 3.63) is 6.33 Å². The van der Waals surface area contributed by atoms with E-state index in [2.05, 4.69) is 10.1 Å². The Labute approximate surface area is 57.9 Å². The van der Waals surface area contributed by atoms with E-state index in [1.807, 2.05) is 0 Å². The van der Waals surface area contributed by atoms with E-state index in [1.165, 1.54) is 11.0 Å². The van der Waals surface area contributed by atoms with Crippen LogP contribution in [0.15, 0.2) is 6.33 Å². The molecule has 2 N–H and O–H groups in total. The summed E-state index contributed by atoms with van der Waals surface area (Å²) in [6.45, 7) is 0.209. The maximum atomic E-state index is 11.6. The molecule has 0 aliphatic heterocycles. The fraction of sp³-hybridized carbons (Fsp3) is 0.600. The Balaban J connectivity index is 2.42. The predicted octanol–water partition coefficient (Wildman–Crippen LogP) is 0.220. The van der Waals surface area contributed by atoms with Crippen molar-refractivity contribution in [3.8, 4) is 0 Å². The van der Waals surface area contributed by atoms with E-state index in [0.717, 1.165) is 0 Å². The molecule has 0 amide bonds. The molecule has 0 fully saturated rings. The van der Waals surface area contributed by atoms with Crippen LogP contribution in [0.25, 0.3) is 0 Å². The quantitative estimate of drug-likeness (QED) is 0.660. The van der Waals surface area contributed by atoms with Crippen LogP contribution in [0.5, 0.6) is 0 Å². The van der Waals surface area contributed by atoms with E-state index in [0.29, 0.717) is 13.0 Å². The van der Waals surface area contributed by atoms with Gasteiger partial charge in [-0.25, -0.2) is 4.98 Å². The lowest BCUT2D eigenvalue weighted by molar-refractivity contribution is 0.435. The van der Waals surface area contributed by atoms with Crippen molar-refractivity contribution >= 4 is 5.95 Å². The van der Waals surface area contributed by atoms with Crippen LogP contribution in [-0.4, -0.2) is 21.4 Å². The largest absolute Gasteiger partial charge is 0.367 e. The average Bonchev–Trinajstić information content (AvgIpc) is 2.31. The van der Waals surface area contributed by atoms with Crippen molar-refractivity contribution in [2.75, 3.05) is 12.4 Å². The predicted molar refractivity (Wildman–Crippen MR) is 35.0 cm³/mol. The topological polar surface area (TPSA) is 56.7 Å². The fourth-order valence-electron chi connectivity index (χ4n) is 0.639. The van der Waals surface area contributed by atoms with Crippen molar-refractivity contribution in [2.45, 2.75) is 13.0 Å². The molecule has 10 heavy (non-hydrogen) atoms. The summed E-state index contributed by atoms with van der Waals surface area (Å²) in [4.78, 5) is 3.68. The zero-order valence-electron chi connectivity index (χ0n) is 5.50. The van der Waals surface area contributed by atoms with E-state index < -0.39 is 0 Å². The van der Waals surface area contributed by atoms with Crippen LogP contribution in [0.3, 0.4) is 0 Å². The smallest absolute Gasteiger partial charge is 0.239 e. The molecule has 0 unspecified atom stereocenters. The van der Waals surface area contributed by atoms with E-state index >= 15 is 0 Å². The zero-order chi connectivity index (χ0) is 7.40. The lowest BCUT2D eigenvalue weighted by Crippen LogP contribution is -1.99. The highest BCUT2D eigenvalue weighted by Gasteiger charge is 1.93. The van der Waals surface area contributed by atoms with Gasteiger partial charge in [0.15, 0.2) is 0 Å². The second kappa shape index (κ2) is 3.14. The van der Waals surface area contributed by atoms with Gasteiger partial charge < -0.3 is 5.73 Å². The molecule has 0 saturated carbocycles. The van der Waals surface area contributed by atoms with E-state index in [1.54, 1.807) is 0 Å². The number of alkyl halides is 1. The van der Waals surface area contributed by atoms with Crippen LogP contribution in [0.2, 0.25) is 0 Å². The second-order valence-electron chi connectivity index (χ2n) is 1.91. The highest BCUT2D eigenvalue weighted by atomic mass is 19.1. The minimum Gasteiger partial charge on any atom is -0.367 e. The number of aryl methyl sites for hydroxylation is 1. The summed E-state index contributed by atoms with van der Waals surface area (Å²) in [5.41, 5.74) is 5.21. The molecule has 1 aromatic rings. The monoisotopic (exact) mass is 144 g/mol. The Hall–Kier alpha value is -1.13. The Morgan fingerprint density at radius 1 is 1.70 bits per heavy atom. The summed E-state index contributed by atoms with van der Waals surface area (Å²) in [7, 11) is 0. The third-order valence-corrected chi connectivity index (χ3v) is 1.08. The minimum absolute atomic E-state index is 0.235. The van der Waals surface area contributed by atoms with Crippen LogP contribution in [0, 0.1) is 0 Å². The molecule has 0 saturated heterocycles. The van der Waals surface area contributed by atoms with Gasteiger partial charge in [-0.15, -0.1) is 5.10 Å². The molecule has 0 aliphatic rings. The van der Waals surface area contributed by atoms with Crippen molar-refractivity contribution in [2.24, 2.45) is 0 Å². The molecule has 0 atom stereocenters. The first-order valence-electron chi connectivity index (χ1n) is 3.04. The van der Waals surface area contributed by atoms with Crippen LogP contribution in [-0.2, 0) is 6.54 Å². The Morgan fingerprint density at radius 2 is 2.50 bits per heavy atom. The summed E-state index contributed by atoms with van der Waals surface area (Å²) in [6.07, 6.45) is 1.95. The molecular weight excluding hydrogens is 135 g/mol. The number of aromatic nitrogens is 3. The maximum Gasteiger partial charge on any atom is 0.239 e. The molecular formula is C5H9FN4. The summed E-state index contributed by atoms with van der Waals surface area (Å²) in [5.74, 6) is 0.235. The van der Waals surface area contributed by atoms with E-state index in [4.69, 9.17) is 5.73 Å². The van der Waals surface area contributed by atoms with Crippen molar-refractivity contribution in [1.29, 1.82) is 0 Å². The van der Waals surface area contributed by atoms with Crippen LogP contribution < -0.4 is 5.73 Å². The molecule has 56 valence electrons. The van der Waals surface area contributed by atoms with Gasteiger partial charge >= 0.3 is 0 Å². The Bertz CT molecular complexity index is 197. The van der Waals surface area contributed by atoms with Gasteiger partial charge in [-0.1, -0.05) is 0 Å². The summed E-state index contributed by atoms with van der Waals surface area (Å²) >= 11 is 0. The van der Waals surface area contributed by atoms with Gasteiger partial charge in [0, 0.05) is 6.54 Å². The van der Waals surface area contributed by atoms with Crippen LogP contribution >= 0.6 is 0 Å². The van der Waals surface area contributed by atoms with Crippen LogP contribution in [0.1, 0.15) is 6.42 Å². The Morgan fingerprint density at radius 3 is 3.00 bits per heavy atom. The number of anilines is 1. The third kappa shape index (κ3) is 1.68. The molecule has 0 aromatic carbocycles. The number of halogens is 1. The number of hydrogen-bond acceptors (Lipinski definition) is 3. The number of nitrogens with zero attached hydrogens (tertiary/aromatic N) is 3. The Kier molecular flexibility index (Phi) is 2.20. The fourth-order valence-corrected chi connectivity index (χ4v) is 0.639. The van der Waals surface area contributed by atoms with Crippen molar-refractivity contribution in [1.82, 2.24) is 14.8 Å².